The molecule has 6 atom stereocenters. The van der Waals surface area contributed by atoms with Gasteiger partial charge in [-0.15, -0.1) is 5.10 Å². The second kappa shape index (κ2) is 26.3. The summed E-state index contributed by atoms with van der Waals surface area (Å²) < 4.78 is 50.2. The highest BCUT2D eigenvalue weighted by atomic mass is 19.1. The molecule has 8 aromatic rings. The second-order valence-corrected chi connectivity index (χ2v) is 22.7. The molecule has 0 radical (unpaired) electrons. The number of aliphatic hydroxyl groups is 2. The number of aromatic nitrogens is 7. The van der Waals surface area contributed by atoms with Gasteiger partial charge in [0.1, 0.15) is 47.9 Å². The van der Waals surface area contributed by atoms with Crippen LogP contribution in [0.2, 0.25) is 0 Å². The minimum Gasteiger partial charge on any atom is -0.486 e. The summed E-state index contributed by atoms with van der Waals surface area (Å²) in [4.78, 5) is 38.7. The lowest BCUT2D eigenvalue weighted by atomic mass is 9.88. The van der Waals surface area contributed by atoms with Gasteiger partial charge in [-0.3, -0.25) is 14.7 Å². The minimum atomic E-state index is -0.438. The molecule has 2 bridgehead atoms. The molecule has 4 fully saturated rings. The maximum absolute atomic E-state index is 16.0. The number of benzene rings is 5. The summed E-state index contributed by atoms with van der Waals surface area (Å²) in [7, 11) is 2.66. The first-order chi connectivity index (χ1) is 40.8. The zero-order valence-electron chi connectivity index (χ0n) is 48.7. The van der Waals surface area contributed by atoms with E-state index in [1.54, 1.807) is 60.5 Å². The average Bonchev–Trinajstić information content (AvgIpc) is 2.57. The normalized spacial score (nSPS) is 18.5. The van der Waals surface area contributed by atoms with Gasteiger partial charge in [0.15, 0.2) is 5.75 Å². The molecule has 5 unspecified atom stereocenters. The van der Waals surface area contributed by atoms with Gasteiger partial charge < -0.3 is 44.9 Å². The molecule has 12 rings (SSSR count). The fourth-order valence-corrected chi connectivity index (χ4v) is 11.9. The zero-order valence-corrected chi connectivity index (χ0v) is 48.7. The van der Waals surface area contributed by atoms with Crippen LogP contribution in [0.3, 0.4) is 0 Å². The van der Waals surface area contributed by atoms with E-state index in [4.69, 9.17) is 34.4 Å². The largest absolute Gasteiger partial charge is 0.486 e. The molecule has 1 saturated carbocycles. The summed E-state index contributed by atoms with van der Waals surface area (Å²) in [6.45, 7) is 12.7. The van der Waals surface area contributed by atoms with Crippen molar-refractivity contribution in [2.24, 2.45) is 5.92 Å². The molecule has 84 heavy (non-hydrogen) atoms. The number of nitrogens with one attached hydrogen (secondary N) is 3. The van der Waals surface area contributed by atoms with Crippen LogP contribution in [0.1, 0.15) is 106 Å². The Kier molecular flexibility index (Phi) is 18.6. The molecular formula is C64H75F2N11O7. The number of likely N-dealkylation sites (tertiary alicyclic amines) is 1. The molecule has 0 spiro atoms. The summed E-state index contributed by atoms with van der Waals surface area (Å²) in [6.07, 6.45) is 10.3. The van der Waals surface area contributed by atoms with E-state index < -0.39 is 12.1 Å². The van der Waals surface area contributed by atoms with Crippen molar-refractivity contribution in [3.63, 3.8) is 0 Å². The lowest BCUT2D eigenvalue weighted by Crippen LogP contribution is -2.51. The van der Waals surface area contributed by atoms with Crippen molar-refractivity contribution in [3.8, 4) is 45.3 Å². The fraction of sp³-hybridized carbons (Fsp3) is 0.422. The van der Waals surface area contributed by atoms with Crippen LogP contribution in [-0.4, -0.2) is 134 Å². The number of piperazine rings is 1. The number of rotatable bonds is 19. The number of fused-ring (bicyclic) bond motifs is 4. The van der Waals surface area contributed by atoms with E-state index >= 15 is 4.39 Å². The quantitative estimate of drug-likeness (QED) is 0.0477. The fourth-order valence-electron chi connectivity index (χ4n) is 11.9. The number of carbonyl (C=O) groups excluding carboxylic acids is 2. The maximum atomic E-state index is 16.0. The Labute approximate surface area is 487 Å². The SMILES string of the molecule is CO.CO[C@@H](C)COc1nc(N2CC3CCC(C2)N3)c2cc(C3CC3)c(-c3c(C)c(F)cc4[nH]ncc34)c(OCc3ccc(-c4cn(C(C(=O)N5CCCC5C)C(C)C)nn4)cc3)c2n1.O=CNC(CO)c1ccc(-c2ccccc2F)cc1. The lowest BCUT2D eigenvalue weighted by molar-refractivity contribution is -0.137. The molecule has 442 valence electrons. The summed E-state index contributed by atoms with van der Waals surface area (Å²) >= 11 is 0. The molecule has 3 aromatic heterocycles. The van der Waals surface area contributed by atoms with Gasteiger partial charge in [-0.2, -0.15) is 15.1 Å². The van der Waals surface area contributed by atoms with Gasteiger partial charge in [0, 0.05) is 85.0 Å². The first-order valence-electron chi connectivity index (χ1n) is 29.0. The Balaban J connectivity index is 0.000000317. The Bertz CT molecular complexity index is 3560. The van der Waals surface area contributed by atoms with E-state index in [0.29, 0.717) is 52.1 Å². The van der Waals surface area contributed by atoms with Crippen LogP contribution < -0.4 is 25.0 Å². The number of halogens is 2. The highest BCUT2D eigenvalue weighted by Gasteiger charge is 2.38. The van der Waals surface area contributed by atoms with Crippen molar-refractivity contribution in [3.05, 3.63) is 131 Å². The highest BCUT2D eigenvalue weighted by molar-refractivity contribution is 6.06. The molecular weight excluding hydrogens is 1070 g/mol. The standard InChI is InChI=1S/C48H57FN10O4.C15H14FNO2.CH4O/c1-26(2)44(47(60)58-17-7-8-27(58)3)59-23-40(55-56-59)32-11-9-30(10-12-32)25-62-45-42(41-29(5)38(49)19-39-37(41)20-50-54-39)35(31-13-14-31)18-36-43(45)52-48(63-24-28(4)61-6)53-46(36)57-21-33-15-16-34(22-57)51-33;16-14-4-2-1-3-13(14)11-5-7-12(8-6-11)15(9-18)17-10-19;1-2/h9-12,18-20,23,26-28,31,33-34,44,51H,7-8,13-17,21-22,24-25H2,1-6H3,(H,50,54);1-8,10,15,18H,9H2,(H,17,19);2H,1H3/t27?,28-,33?,34?,44?;;/m0../s1. The Morgan fingerprint density at radius 1 is 0.881 bits per heavy atom. The van der Waals surface area contributed by atoms with E-state index in [1.165, 1.54) is 12.1 Å². The monoisotopic (exact) mass is 1150 g/mol. The first kappa shape index (κ1) is 59.3. The van der Waals surface area contributed by atoms with Crippen LogP contribution >= 0.6 is 0 Å². The van der Waals surface area contributed by atoms with E-state index in [1.807, 2.05) is 49.2 Å². The van der Waals surface area contributed by atoms with Crippen molar-refractivity contribution in [1.29, 1.82) is 0 Å². The number of H-pyrrole nitrogens is 1. The third-order valence-electron chi connectivity index (χ3n) is 16.6. The van der Waals surface area contributed by atoms with Crippen LogP contribution in [-0.2, 0) is 20.9 Å². The summed E-state index contributed by atoms with van der Waals surface area (Å²) in [5.41, 5.74) is 8.93. The Hall–Kier alpha value is -7.91. The van der Waals surface area contributed by atoms with Crippen LogP contribution in [0.15, 0.2) is 97.3 Å². The van der Waals surface area contributed by atoms with Gasteiger partial charge >= 0.3 is 6.01 Å². The van der Waals surface area contributed by atoms with E-state index in [0.717, 1.165) is 121 Å². The van der Waals surface area contributed by atoms with Gasteiger partial charge in [-0.25, -0.2) is 13.5 Å². The predicted octanol–water partition coefficient (Wildman–Crippen LogP) is 9.78. The Morgan fingerprint density at radius 3 is 2.26 bits per heavy atom. The molecule has 5 N–H and O–H groups in total. The number of methoxy groups -OCH3 is 1. The van der Waals surface area contributed by atoms with Crippen molar-refractivity contribution in [1.82, 2.24) is 50.7 Å². The van der Waals surface area contributed by atoms with Crippen LogP contribution in [0, 0.1) is 24.5 Å². The summed E-state index contributed by atoms with van der Waals surface area (Å²) in [5, 5.41) is 40.5. The summed E-state index contributed by atoms with van der Waals surface area (Å²) in [5.74, 6) is 1.17. The van der Waals surface area contributed by atoms with Crippen molar-refractivity contribution in [2.75, 3.05) is 52.0 Å². The van der Waals surface area contributed by atoms with E-state index in [2.05, 4.69) is 62.9 Å². The van der Waals surface area contributed by atoms with Crippen molar-refractivity contribution in [2.45, 2.75) is 122 Å². The number of nitrogens with zero attached hydrogens (tertiary/aromatic N) is 8. The molecule has 5 aromatic carbocycles. The van der Waals surface area contributed by atoms with Crippen molar-refractivity contribution < 1.29 is 42.8 Å². The molecule has 1 aliphatic carbocycles. The van der Waals surface area contributed by atoms with E-state index in [-0.39, 0.29) is 67.4 Å². The lowest BCUT2D eigenvalue weighted by Gasteiger charge is -2.34. The van der Waals surface area contributed by atoms with Crippen LogP contribution in [0.25, 0.3) is 55.3 Å². The van der Waals surface area contributed by atoms with Crippen molar-refractivity contribution >= 4 is 39.9 Å². The average molecular weight is 1150 g/mol. The van der Waals surface area contributed by atoms with E-state index in [9.17, 15) is 14.0 Å². The predicted molar refractivity (Wildman–Crippen MR) is 318 cm³/mol. The molecule has 3 saturated heterocycles. The maximum Gasteiger partial charge on any atom is 0.319 e. The number of anilines is 1. The summed E-state index contributed by atoms with van der Waals surface area (Å²) in [6, 6.07) is 25.7. The number of amides is 2. The smallest absolute Gasteiger partial charge is 0.319 e. The highest BCUT2D eigenvalue weighted by Crippen LogP contribution is 2.53. The van der Waals surface area contributed by atoms with Crippen LogP contribution in [0.5, 0.6) is 11.8 Å². The number of carbonyl (C=O) groups is 2. The van der Waals surface area contributed by atoms with Gasteiger partial charge in [0.25, 0.3) is 0 Å². The third-order valence-corrected chi connectivity index (χ3v) is 16.6. The number of aromatic amines is 1. The van der Waals surface area contributed by atoms with Gasteiger partial charge in [0.2, 0.25) is 12.3 Å². The van der Waals surface area contributed by atoms with Gasteiger partial charge in [-0.05, 0) is 117 Å². The zero-order chi connectivity index (χ0) is 59.2. The number of ether oxygens (including phenoxy) is 3. The number of aliphatic hydroxyl groups excluding tert-OH is 2. The first-order valence-corrected chi connectivity index (χ1v) is 29.0. The van der Waals surface area contributed by atoms with Crippen LogP contribution in [0.4, 0.5) is 14.6 Å². The number of hydrogen-bond donors (Lipinski definition) is 5. The topological polar surface area (TPSA) is 218 Å². The van der Waals surface area contributed by atoms with Gasteiger partial charge in [-0.1, -0.05) is 85.8 Å². The molecule has 4 aliphatic rings. The number of hydrogen-bond acceptors (Lipinski definition) is 14. The second-order valence-electron chi connectivity index (χ2n) is 22.7. The molecule has 3 aliphatic heterocycles. The third kappa shape index (κ3) is 12.6. The minimum absolute atomic E-state index is 0.0458. The molecule has 18 nitrogen and oxygen atoms in total. The molecule has 2 amide bonds. The van der Waals surface area contributed by atoms with Gasteiger partial charge in [0.05, 0.1) is 36.7 Å². The Morgan fingerprint density at radius 2 is 1.61 bits per heavy atom. The molecule has 6 heterocycles. The molecule has 20 heteroatoms.